The van der Waals surface area contributed by atoms with E-state index >= 15 is 0 Å². The van der Waals surface area contributed by atoms with Crippen LogP contribution in [0.15, 0.2) is 30.7 Å². The van der Waals surface area contributed by atoms with Crippen molar-refractivity contribution in [3.05, 3.63) is 36.5 Å². The molecule has 0 spiro atoms. The van der Waals surface area contributed by atoms with Gasteiger partial charge in [-0.25, -0.2) is 14.8 Å². The number of methoxy groups -OCH3 is 1. The Bertz CT molecular complexity index is 512. The molecule has 0 aliphatic rings. The van der Waals surface area contributed by atoms with Crippen molar-refractivity contribution < 1.29 is 9.53 Å². The highest BCUT2D eigenvalue weighted by molar-refractivity contribution is 5.85. The van der Waals surface area contributed by atoms with Crippen molar-refractivity contribution >= 4 is 11.8 Å². The predicted molar refractivity (Wildman–Crippen MR) is 64.1 cm³/mol. The Labute approximate surface area is 104 Å². The molecule has 2 aromatic rings. The third-order valence-corrected chi connectivity index (χ3v) is 2.23. The molecule has 2 aromatic heterocycles. The van der Waals surface area contributed by atoms with Gasteiger partial charge in [-0.2, -0.15) is 5.10 Å². The molecule has 0 aliphatic carbocycles. The van der Waals surface area contributed by atoms with Gasteiger partial charge >= 0.3 is 5.97 Å². The smallest absolute Gasteiger partial charge is 0.376 e. The van der Waals surface area contributed by atoms with Crippen molar-refractivity contribution in [2.45, 2.75) is 6.54 Å². The first-order chi connectivity index (χ1) is 8.79. The van der Waals surface area contributed by atoms with Gasteiger partial charge in [0.25, 0.3) is 0 Å². The molecule has 2 heterocycles. The largest absolute Gasteiger partial charge is 0.463 e. The van der Waals surface area contributed by atoms with Crippen molar-refractivity contribution in [3.63, 3.8) is 0 Å². The predicted octanol–water partition coefficient (Wildman–Crippen LogP) is 0.572. The minimum atomic E-state index is -0.550. The van der Waals surface area contributed by atoms with Gasteiger partial charge in [-0.05, 0) is 12.1 Å². The number of anilines is 1. The van der Waals surface area contributed by atoms with Gasteiger partial charge in [0.2, 0.25) is 5.82 Å². The van der Waals surface area contributed by atoms with E-state index in [1.807, 2.05) is 12.3 Å². The normalized spacial score (nSPS) is 10.1. The Morgan fingerprint density at radius 1 is 1.50 bits per heavy atom. The highest BCUT2D eigenvalue weighted by Crippen LogP contribution is 2.02. The van der Waals surface area contributed by atoms with Crippen LogP contribution >= 0.6 is 0 Å². The summed E-state index contributed by atoms with van der Waals surface area (Å²) in [5.74, 6) is 0.0740. The molecule has 94 valence electrons. The Morgan fingerprint density at radius 2 is 2.39 bits per heavy atom. The molecule has 0 aliphatic heterocycles. The highest BCUT2D eigenvalue weighted by Gasteiger charge is 2.08. The molecule has 0 radical (unpaired) electrons. The fourth-order valence-corrected chi connectivity index (χ4v) is 1.38. The van der Waals surface area contributed by atoms with E-state index < -0.39 is 5.97 Å². The van der Waals surface area contributed by atoms with Crippen LogP contribution in [0.1, 0.15) is 10.6 Å². The molecule has 0 saturated carbocycles. The molecule has 0 unspecified atom stereocenters. The van der Waals surface area contributed by atoms with Crippen LogP contribution in [0.4, 0.5) is 5.82 Å². The van der Waals surface area contributed by atoms with E-state index in [-0.39, 0.29) is 5.82 Å². The SMILES string of the molecule is COC(=O)c1nccc(NCCn2cccn2)n1. The lowest BCUT2D eigenvalue weighted by atomic mass is 10.5. The standard InChI is InChI=1S/C11H13N5O2/c1-18-11(17)10-13-5-3-9(15-10)12-6-8-16-7-2-4-14-16/h2-5,7H,6,8H2,1H3,(H,12,13,15). The average Bonchev–Trinajstić information content (AvgIpc) is 2.91. The number of carbonyl (C=O) groups excluding carboxylic acids is 1. The number of rotatable bonds is 5. The Hall–Kier alpha value is -2.44. The minimum absolute atomic E-state index is 0.0431. The number of esters is 1. The zero-order chi connectivity index (χ0) is 12.8. The van der Waals surface area contributed by atoms with Crippen LogP contribution in [-0.4, -0.2) is 39.4 Å². The molecular formula is C11H13N5O2. The van der Waals surface area contributed by atoms with Gasteiger partial charge in [0.1, 0.15) is 5.82 Å². The Morgan fingerprint density at radius 3 is 3.11 bits per heavy atom. The molecular weight excluding hydrogens is 234 g/mol. The second kappa shape index (κ2) is 5.76. The Kier molecular flexibility index (Phi) is 3.85. The summed E-state index contributed by atoms with van der Waals surface area (Å²) in [5, 5.41) is 7.16. The minimum Gasteiger partial charge on any atom is -0.463 e. The first-order valence-corrected chi connectivity index (χ1v) is 5.42. The van der Waals surface area contributed by atoms with Crippen LogP contribution in [0.5, 0.6) is 0 Å². The van der Waals surface area contributed by atoms with Gasteiger partial charge in [-0.15, -0.1) is 0 Å². The second-order valence-corrected chi connectivity index (χ2v) is 3.45. The third-order valence-electron chi connectivity index (χ3n) is 2.23. The van der Waals surface area contributed by atoms with E-state index in [1.165, 1.54) is 13.3 Å². The van der Waals surface area contributed by atoms with E-state index in [0.29, 0.717) is 18.9 Å². The van der Waals surface area contributed by atoms with Crippen molar-refractivity contribution in [2.24, 2.45) is 0 Å². The van der Waals surface area contributed by atoms with Crippen LogP contribution in [-0.2, 0) is 11.3 Å². The maximum atomic E-state index is 11.2. The van der Waals surface area contributed by atoms with E-state index in [0.717, 1.165) is 0 Å². The van der Waals surface area contributed by atoms with Gasteiger partial charge in [0.15, 0.2) is 0 Å². The van der Waals surface area contributed by atoms with Crippen molar-refractivity contribution in [1.29, 1.82) is 0 Å². The summed E-state index contributed by atoms with van der Waals surface area (Å²) in [7, 11) is 1.30. The molecule has 1 N–H and O–H groups in total. The molecule has 0 atom stereocenters. The van der Waals surface area contributed by atoms with E-state index in [2.05, 4.69) is 25.1 Å². The average molecular weight is 247 g/mol. The van der Waals surface area contributed by atoms with E-state index in [9.17, 15) is 4.79 Å². The van der Waals surface area contributed by atoms with Gasteiger partial charge in [-0.3, -0.25) is 4.68 Å². The maximum Gasteiger partial charge on any atom is 0.376 e. The fraction of sp³-hybridized carbons (Fsp3) is 0.273. The summed E-state index contributed by atoms with van der Waals surface area (Å²) in [6.45, 7) is 1.36. The molecule has 18 heavy (non-hydrogen) atoms. The summed E-state index contributed by atoms with van der Waals surface area (Å²) in [6, 6.07) is 3.55. The molecule has 0 aromatic carbocycles. The number of carbonyl (C=O) groups is 1. The van der Waals surface area contributed by atoms with E-state index in [4.69, 9.17) is 0 Å². The van der Waals surface area contributed by atoms with Crippen LogP contribution in [0.3, 0.4) is 0 Å². The Balaban J connectivity index is 1.91. The van der Waals surface area contributed by atoms with Gasteiger partial charge in [0.05, 0.1) is 13.7 Å². The second-order valence-electron chi connectivity index (χ2n) is 3.45. The van der Waals surface area contributed by atoms with Crippen LogP contribution in [0.2, 0.25) is 0 Å². The number of aromatic nitrogens is 4. The summed E-state index contributed by atoms with van der Waals surface area (Å²) in [6.07, 6.45) is 5.11. The first kappa shape index (κ1) is 12.0. The number of ether oxygens (including phenoxy) is 1. The summed E-state index contributed by atoms with van der Waals surface area (Å²) < 4.78 is 6.35. The number of hydrogen-bond acceptors (Lipinski definition) is 6. The van der Waals surface area contributed by atoms with Crippen molar-refractivity contribution in [2.75, 3.05) is 19.0 Å². The maximum absolute atomic E-state index is 11.2. The lowest BCUT2D eigenvalue weighted by Crippen LogP contribution is -2.14. The molecule has 7 heteroatoms. The number of nitrogens with one attached hydrogen (secondary N) is 1. The number of hydrogen-bond donors (Lipinski definition) is 1. The quantitative estimate of drug-likeness (QED) is 0.778. The van der Waals surface area contributed by atoms with Gasteiger partial charge in [0, 0.05) is 25.1 Å². The van der Waals surface area contributed by atoms with Crippen LogP contribution in [0, 0.1) is 0 Å². The summed E-state index contributed by atoms with van der Waals surface area (Å²) in [5.41, 5.74) is 0. The zero-order valence-corrected chi connectivity index (χ0v) is 9.91. The highest BCUT2D eigenvalue weighted by atomic mass is 16.5. The zero-order valence-electron chi connectivity index (χ0n) is 9.91. The molecule has 0 fully saturated rings. The molecule has 0 amide bonds. The molecule has 7 nitrogen and oxygen atoms in total. The van der Waals surface area contributed by atoms with Crippen molar-refractivity contribution in [3.8, 4) is 0 Å². The fourth-order valence-electron chi connectivity index (χ4n) is 1.38. The first-order valence-electron chi connectivity index (χ1n) is 5.42. The van der Waals surface area contributed by atoms with Gasteiger partial charge in [-0.1, -0.05) is 0 Å². The number of nitrogens with zero attached hydrogens (tertiary/aromatic N) is 4. The molecule has 2 rings (SSSR count). The topological polar surface area (TPSA) is 81.9 Å². The third kappa shape index (κ3) is 3.03. The van der Waals surface area contributed by atoms with E-state index in [1.54, 1.807) is 16.9 Å². The molecule has 0 bridgehead atoms. The van der Waals surface area contributed by atoms with Crippen LogP contribution < -0.4 is 5.32 Å². The van der Waals surface area contributed by atoms with Crippen molar-refractivity contribution in [1.82, 2.24) is 19.7 Å². The molecule has 0 saturated heterocycles. The monoisotopic (exact) mass is 247 g/mol. The summed E-state index contributed by atoms with van der Waals surface area (Å²) >= 11 is 0. The summed E-state index contributed by atoms with van der Waals surface area (Å²) in [4.78, 5) is 19.1. The lowest BCUT2D eigenvalue weighted by molar-refractivity contribution is 0.0587. The lowest BCUT2D eigenvalue weighted by Gasteiger charge is -2.06. The van der Waals surface area contributed by atoms with Crippen LogP contribution in [0.25, 0.3) is 0 Å². The van der Waals surface area contributed by atoms with Gasteiger partial charge < -0.3 is 10.1 Å².